The molecule has 1 atom stereocenters. The van der Waals surface area contributed by atoms with E-state index in [2.05, 4.69) is 29.7 Å². The van der Waals surface area contributed by atoms with Crippen LogP contribution in [0.4, 0.5) is 44.6 Å². The number of nitrogens with zero attached hydrogens (tertiary/aromatic N) is 5. The molecule has 0 aliphatic carbocycles. The second kappa shape index (κ2) is 13.2. The van der Waals surface area contributed by atoms with E-state index in [0.29, 0.717) is 0 Å². The van der Waals surface area contributed by atoms with Gasteiger partial charge in [-0.05, 0) is 42.0 Å². The topological polar surface area (TPSA) is 127 Å². The van der Waals surface area contributed by atoms with E-state index in [9.17, 15) is 52.7 Å². The molecule has 1 saturated heterocycles. The Morgan fingerprint density at radius 2 is 1.75 bits per heavy atom. The normalized spacial score (nSPS) is 16.4. The maximum atomic E-state index is 14.2. The van der Waals surface area contributed by atoms with Gasteiger partial charge < -0.3 is 19.7 Å². The number of piperazine rings is 1. The van der Waals surface area contributed by atoms with Crippen molar-refractivity contribution in [2.24, 2.45) is 0 Å². The van der Waals surface area contributed by atoms with Crippen molar-refractivity contribution in [1.82, 2.24) is 24.6 Å². The molecule has 1 aliphatic heterocycles. The molecule has 5 rings (SSSR count). The Morgan fingerprint density at radius 3 is 2.38 bits per heavy atom. The average molecular weight is 731 g/mol. The largest absolute Gasteiger partial charge is 0.573 e. The number of amides is 1. The van der Waals surface area contributed by atoms with Gasteiger partial charge in [0.2, 0.25) is 21.8 Å². The minimum atomic E-state index is -5.04. The third-order valence-corrected chi connectivity index (χ3v) is 9.60. The third kappa shape index (κ3) is 7.98. The molecule has 258 valence electrons. The number of alkyl halides is 8. The fourth-order valence-electron chi connectivity index (χ4n) is 4.54. The van der Waals surface area contributed by atoms with Crippen LogP contribution in [0, 0.1) is 5.82 Å². The van der Waals surface area contributed by atoms with Crippen LogP contribution in [0.1, 0.15) is 11.4 Å². The Bertz CT molecular complexity index is 1910. The van der Waals surface area contributed by atoms with Gasteiger partial charge in [0, 0.05) is 26.2 Å². The molecular formula is C26H19F9N6O5S2. The van der Waals surface area contributed by atoms with Crippen molar-refractivity contribution in [3.8, 4) is 11.5 Å². The number of carbonyl (C=O) groups excluding carboxylic acids is 1. The van der Waals surface area contributed by atoms with E-state index in [1.807, 2.05) is 0 Å². The summed E-state index contributed by atoms with van der Waals surface area (Å²) in [7, 11) is -4.58. The molecule has 1 amide bonds. The molecule has 4 aromatic rings. The zero-order chi connectivity index (χ0) is 35.0. The molecule has 0 spiro atoms. The van der Waals surface area contributed by atoms with Gasteiger partial charge in [-0.15, -0.1) is 13.2 Å². The first kappa shape index (κ1) is 34.9. The van der Waals surface area contributed by atoms with Crippen LogP contribution in [0.15, 0.2) is 53.6 Å². The smallest absolute Gasteiger partial charge is 0.432 e. The fourth-order valence-corrected chi connectivity index (χ4v) is 7.02. The van der Waals surface area contributed by atoms with Gasteiger partial charge in [-0.3, -0.25) is 4.79 Å². The van der Waals surface area contributed by atoms with Crippen molar-refractivity contribution >= 4 is 42.7 Å². The molecule has 0 unspecified atom stereocenters. The second-order valence-corrected chi connectivity index (χ2v) is 12.7. The van der Waals surface area contributed by atoms with E-state index in [0.717, 1.165) is 58.2 Å². The van der Waals surface area contributed by atoms with Crippen molar-refractivity contribution in [3.05, 3.63) is 65.9 Å². The molecule has 3 heterocycles. The first-order valence-electron chi connectivity index (χ1n) is 13.2. The van der Waals surface area contributed by atoms with Crippen molar-refractivity contribution in [2.45, 2.75) is 36.6 Å². The van der Waals surface area contributed by atoms with Crippen molar-refractivity contribution in [1.29, 1.82) is 0 Å². The Hall–Kier alpha value is -4.44. The van der Waals surface area contributed by atoms with Crippen LogP contribution >= 0.6 is 11.3 Å². The highest BCUT2D eigenvalue weighted by Gasteiger charge is 2.41. The molecule has 1 aliphatic rings. The maximum Gasteiger partial charge on any atom is 0.573 e. The number of aromatic nitrogens is 3. The summed E-state index contributed by atoms with van der Waals surface area (Å²) in [4.78, 5) is 25.2. The molecule has 2 aromatic heterocycles. The summed E-state index contributed by atoms with van der Waals surface area (Å²) in [6.07, 6.45) is -8.98. The molecule has 1 fully saturated rings. The van der Waals surface area contributed by atoms with Crippen LogP contribution in [0.5, 0.6) is 11.5 Å². The number of nitrogens with one attached hydrogen (secondary N) is 1. The maximum absolute atomic E-state index is 14.2. The standard InChI is InChI=1S/C26H19F9N6O5S2/c27-16-9-13(1-6-18(16)45-23(28)29)10-36-21(42)17-12-40(24-39-20-19(47-24)11-37-22(38-20)25(30,31)32)7-8-41(17)48(43,44)15-4-2-14(3-5-15)46-26(33,34)35/h1-6,9,11,17,23H,7-8,10,12H2,(H,36,42)/t17-/m1/s1. The minimum Gasteiger partial charge on any atom is -0.432 e. The monoisotopic (exact) mass is 730 g/mol. The SMILES string of the molecule is O=C(NCc1ccc(OC(F)F)c(F)c1)[C@H]1CN(c2nc3nc(C(F)(F)F)ncc3s2)CCN1S(=O)(=O)c1ccc(OC(F)(F)F)cc1. The first-order valence-corrected chi connectivity index (χ1v) is 15.5. The zero-order valence-electron chi connectivity index (χ0n) is 23.6. The van der Waals surface area contributed by atoms with E-state index in [4.69, 9.17) is 0 Å². The van der Waals surface area contributed by atoms with E-state index in [1.165, 1.54) is 11.0 Å². The molecule has 11 nitrogen and oxygen atoms in total. The fraction of sp³-hybridized carbons (Fsp3) is 0.308. The Labute approximate surface area is 268 Å². The lowest BCUT2D eigenvalue weighted by Gasteiger charge is -2.39. The molecule has 48 heavy (non-hydrogen) atoms. The number of hydrogen-bond acceptors (Lipinski definition) is 10. The molecule has 22 heteroatoms. The highest BCUT2D eigenvalue weighted by atomic mass is 32.2. The summed E-state index contributed by atoms with van der Waals surface area (Å²) in [5.41, 5.74) is -0.217. The van der Waals surface area contributed by atoms with Gasteiger partial charge in [-0.25, -0.2) is 22.8 Å². The van der Waals surface area contributed by atoms with Crippen LogP contribution in [-0.2, 0) is 27.5 Å². The molecular weight excluding hydrogens is 711 g/mol. The highest BCUT2D eigenvalue weighted by molar-refractivity contribution is 7.89. The van der Waals surface area contributed by atoms with E-state index >= 15 is 0 Å². The summed E-state index contributed by atoms with van der Waals surface area (Å²) in [5.74, 6) is -4.99. The number of anilines is 1. The van der Waals surface area contributed by atoms with Gasteiger partial charge in [-0.1, -0.05) is 17.4 Å². The summed E-state index contributed by atoms with van der Waals surface area (Å²) in [6, 6.07) is 4.52. The quantitative estimate of drug-likeness (QED) is 0.239. The zero-order valence-corrected chi connectivity index (χ0v) is 25.2. The molecule has 0 saturated carbocycles. The van der Waals surface area contributed by atoms with Crippen molar-refractivity contribution < 1.29 is 62.2 Å². The van der Waals surface area contributed by atoms with E-state index in [1.54, 1.807) is 0 Å². The Kier molecular flexibility index (Phi) is 9.61. The van der Waals surface area contributed by atoms with Gasteiger partial charge in [0.25, 0.3) is 0 Å². The van der Waals surface area contributed by atoms with Crippen LogP contribution in [0.3, 0.4) is 0 Å². The number of fused-ring (bicyclic) bond motifs is 1. The van der Waals surface area contributed by atoms with Crippen LogP contribution in [-0.4, -0.2) is 72.2 Å². The Balaban J connectivity index is 1.41. The number of rotatable bonds is 9. The van der Waals surface area contributed by atoms with Crippen LogP contribution < -0.4 is 19.7 Å². The van der Waals surface area contributed by atoms with Gasteiger partial charge in [0.15, 0.2) is 22.3 Å². The van der Waals surface area contributed by atoms with Gasteiger partial charge in [0.05, 0.1) is 15.8 Å². The van der Waals surface area contributed by atoms with Gasteiger partial charge >= 0.3 is 19.2 Å². The average Bonchev–Trinajstić information content (AvgIpc) is 3.43. The summed E-state index contributed by atoms with van der Waals surface area (Å²) in [6.45, 7) is -4.64. The molecule has 0 bridgehead atoms. The number of thiazole rings is 1. The van der Waals surface area contributed by atoms with Gasteiger partial charge in [0.1, 0.15) is 11.8 Å². The number of sulfonamides is 1. The highest BCUT2D eigenvalue weighted by Crippen LogP contribution is 2.34. The predicted octanol–water partition coefficient (Wildman–Crippen LogP) is 4.94. The number of ether oxygens (including phenoxy) is 2. The van der Waals surface area contributed by atoms with Crippen LogP contribution in [0.25, 0.3) is 10.3 Å². The molecule has 2 aromatic carbocycles. The number of carbonyl (C=O) groups is 1. The predicted molar refractivity (Wildman–Crippen MR) is 148 cm³/mol. The van der Waals surface area contributed by atoms with E-state index in [-0.39, 0.29) is 27.6 Å². The second-order valence-electron chi connectivity index (χ2n) is 9.83. The number of hydrogen-bond donors (Lipinski definition) is 1. The lowest BCUT2D eigenvalue weighted by molar-refractivity contribution is -0.274. The Morgan fingerprint density at radius 1 is 1.04 bits per heavy atom. The third-order valence-electron chi connectivity index (χ3n) is 6.64. The van der Waals surface area contributed by atoms with E-state index < -0.39 is 88.8 Å². The summed E-state index contributed by atoms with van der Waals surface area (Å²) < 4.78 is 152. The number of halogens is 9. The molecule has 1 N–H and O–H groups in total. The summed E-state index contributed by atoms with van der Waals surface area (Å²) >= 11 is 0.875. The van der Waals surface area contributed by atoms with Crippen molar-refractivity contribution in [2.75, 3.05) is 24.5 Å². The first-order chi connectivity index (χ1) is 22.4. The molecule has 0 radical (unpaired) electrons. The number of benzene rings is 2. The minimum absolute atomic E-state index is 0.0787. The lowest BCUT2D eigenvalue weighted by atomic mass is 10.1. The van der Waals surface area contributed by atoms with Gasteiger partial charge in [-0.2, -0.15) is 31.2 Å². The van der Waals surface area contributed by atoms with Crippen LogP contribution in [0.2, 0.25) is 0 Å². The summed E-state index contributed by atoms with van der Waals surface area (Å²) in [5, 5.41) is 2.51. The lowest BCUT2D eigenvalue weighted by Crippen LogP contribution is -2.60. The van der Waals surface area contributed by atoms with Crippen molar-refractivity contribution in [3.63, 3.8) is 0 Å².